The van der Waals surface area contributed by atoms with Crippen LogP contribution in [0, 0.1) is 6.92 Å². The van der Waals surface area contributed by atoms with Crippen molar-refractivity contribution in [2.75, 3.05) is 10.2 Å². The van der Waals surface area contributed by atoms with Crippen LogP contribution in [0.2, 0.25) is 0 Å². The third-order valence-corrected chi connectivity index (χ3v) is 4.29. The van der Waals surface area contributed by atoms with E-state index in [1.807, 2.05) is 42.2 Å². The van der Waals surface area contributed by atoms with Gasteiger partial charge in [0, 0.05) is 36.7 Å². The highest BCUT2D eigenvalue weighted by atomic mass is 16.1. The van der Waals surface area contributed by atoms with Gasteiger partial charge in [-0.05, 0) is 55.0 Å². The highest BCUT2D eigenvalue weighted by molar-refractivity contribution is 6.04. The van der Waals surface area contributed by atoms with Gasteiger partial charge in [0.05, 0.1) is 23.1 Å². The van der Waals surface area contributed by atoms with E-state index in [2.05, 4.69) is 25.3 Å². The Balaban J connectivity index is 1.74. The van der Waals surface area contributed by atoms with Crippen molar-refractivity contribution in [1.82, 2.24) is 19.9 Å². The van der Waals surface area contributed by atoms with Crippen molar-refractivity contribution in [1.29, 1.82) is 0 Å². The predicted octanol–water partition coefficient (Wildman–Crippen LogP) is 4.30. The fourth-order valence-electron chi connectivity index (χ4n) is 2.88. The summed E-state index contributed by atoms with van der Waals surface area (Å²) in [6, 6.07) is 14.7. The fourth-order valence-corrected chi connectivity index (χ4v) is 2.88. The number of rotatable bonds is 5. The first-order valence-corrected chi connectivity index (χ1v) is 9.01. The molecule has 0 aliphatic rings. The summed E-state index contributed by atoms with van der Waals surface area (Å²) in [5.41, 5.74) is 3.81. The summed E-state index contributed by atoms with van der Waals surface area (Å²) < 4.78 is 0. The molecule has 4 rings (SSSR count). The highest BCUT2D eigenvalue weighted by Gasteiger charge is 2.18. The lowest BCUT2D eigenvalue weighted by Gasteiger charge is -2.24. The number of hydrogen-bond acceptors (Lipinski definition) is 6. The molecule has 1 aromatic carbocycles. The summed E-state index contributed by atoms with van der Waals surface area (Å²) in [6.45, 7) is 1.99. The summed E-state index contributed by atoms with van der Waals surface area (Å²) in [5, 5.41) is 2.92. The van der Waals surface area contributed by atoms with Gasteiger partial charge in [-0.15, -0.1) is 0 Å². The lowest BCUT2D eigenvalue weighted by Crippen LogP contribution is -2.16. The van der Waals surface area contributed by atoms with E-state index in [0.717, 1.165) is 16.9 Å². The second-order valence-corrected chi connectivity index (χ2v) is 6.29. The van der Waals surface area contributed by atoms with Gasteiger partial charge >= 0.3 is 0 Å². The third-order valence-electron chi connectivity index (χ3n) is 4.29. The lowest BCUT2D eigenvalue weighted by atomic mass is 10.1. The molecular weight excluding hydrogens is 364 g/mol. The minimum absolute atomic E-state index is 0.225. The number of carbonyl (C=O) groups excluding carboxylic acids is 1. The van der Waals surface area contributed by atoms with Crippen molar-refractivity contribution in [3.05, 3.63) is 96.8 Å². The molecule has 29 heavy (non-hydrogen) atoms. The van der Waals surface area contributed by atoms with Gasteiger partial charge in [0.2, 0.25) is 5.95 Å². The Kier molecular flexibility index (Phi) is 5.20. The van der Waals surface area contributed by atoms with Crippen molar-refractivity contribution in [2.45, 2.75) is 6.92 Å². The molecule has 3 aromatic heterocycles. The van der Waals surface area contributed by atoms with E-state index in [9.17, 15) is 4.79 Å². The normalized spacial score (nSPS) is 10.4. The van der Waals surface area contributed by atoms with Crippen molar-refractivity contribution < 1.29 is 4.79 Å². The van der Waals surface area contributed by atoms with Gasteiger partial charge in [0.1, 0.15) is 0 Å². The first-order chi connectivity index (χ1) is 14.2. The first-order valence-electron chi connectivity index (χ1n) is 9.01. The zero-order chi connectivity index (χ0) is 20.1. The number of anilines is 4. The van der Waals surface area contributed by atoms with Crippen molar-refractivity contribution in [3.63, 3.8) is 0 Å². The molecule has 0 unspecified atom stereocenters. The molecule has 1 N–H and O–H groups in total. The van der Waals surface area contributed by atoms with Gasteiger partial charge in [0.15, 0.2) is 0 Å². The van der Waals surface area contributed by atoms with Crippen LogP contribution in [0.1, 0.15) is 15.9 Å². The molecule has 0 aliphatic heterocycles. The second-order valence-electron chi connectivity index (χ2n) is 6.29. The Bertz CT molecular complexity index is 1060. The summed E-state index contributed by atoms with van der Waals surface area (Å²) in [6.07, 6.45) is 10.0. The zero-order valence-corrected chi connectivity index (χ0v) is 15.7. The molecule has 7 nitrogen and oxygen atoms in total. The molecule has 4 aromatic rings. The van der Waals surface area contributed by atoms with Gasteiger partial charge in [-0.3, -0.25) is 19.7 Å². The summed E-state index contributed by atoms with van der Waals surface area (Å²) >= 11 is 0. The largest absolute Gasteiger partial charge is 0.322 e. The molecule has 0 radical (unpaired) electrons. The van der Waals surface area contributed by atoms with Crippen LogP contribution in [-0.4, -0.2) is 25.8 Å². The van der Waals surface area contributed by atoms with Crippen LogP contribution in [0.15, 0.2) is 85.7 Å². The monoisotopic (exact) mass is 382 g/mol. The Morgan fingerprint density at radius 3 is 2.34 bits per heavy atom. The smallest absolute Gasteiger partial charge is 0.257 e. The van der Waals surface area contributed by atoms with Crippen molar-refractivity contribution >= 4 is 28.9 Å². The molecule has 0 atom stereocenters. The molecule has 0 bridgehead atoms. The Hall–Kier alpha value is -4.13. The number of nitrogens with zero attached hydrogens (tertiary/aromatic N) is 5. The van der Waals surface area contributed by atoms with E-state index in [1.54, 1.807) is 49.2 Å². The molecule has 3 heterocycles. The summed E-state index contributed by atoms with van der Waals surface area (Å²) in [7, 11) is 0. The summed E-state index contributed by atoms with van der Waals surface area (Å²) in [4.78, 5) is 31.4. The van der Waals surface area contributed by atoms with Crippen LogP contribution >= 0.6 is 0 Å². The number of benzene rings is 1. The van der Waals surface area contributed by atoms with E-state index in [0.29, 0.717) is 17.2 Å². The van der Waals surface area contributed by atoms with Crippen LogP contribution in [0.25, 0.3) is 0 Å². The fraction of sp³-hybridized carbons (Fsp3) is 0.0455. The average molecular weight is 382 g/mol. The maximum absolute atomic E-state index is 12.5. The Labute approximate surface area is 168 Å². The Morgan fingerprint density at radius 1 is 0.897 bits per heavy atom. The van der Waals surface area contributed by atoms with Crippen LogP contribution in [0.5, 0.6) is 0 Å². The van der Waals surface area contributed by atoms with Crippen LogP contribution in [0.3, 0.4) is 0 Å². The van der Waals surface area contributed by atoms with Crippen LogP contribution < -0.4 is 10.2 Å². The Morgan fingerprint density at radius 2 is 1.66 bits per heavy atom. The predicted molar refractivity (Wildman–Crippen MR) is 111 cm³/mol. The van der Waals surface area contributed by atoms with Gasteiger partial charge < -0.3 is 5.32 Å². The van der Waals surface area contributed by atoms with Crippen molar-refractivity contribution in [3.8, 4) is 0 Å². The number of carbonyl (C=O) groups is 1. The lowest BCUT2D eigenvalue weighted by molar-refractivity contribution is 0.102. The standard InChI is InChI=1S/C22H18N6O/c1-16-7-8-18(27-21(29)17-5-2-9-23-14-17)13-20(16)28(19-6-3-10-24-15-19)22-25-11-4-12-26-22/h2-15H,1H3,(H,27,29). The molecule has 1 amide bonds. The molecule has 0 saturated carbocycles. The van der Waals surface area contributed by atoms with E-state index in [-0.39, 0.29) is 5.91 Å². The van der Waals surface area contributed by atoms with E-state index < -0.39 is 0 Å². The molecule has 0 aliphatic carbocycles. The number of hydrogen-bond donors (Lipinski definition) is 1. The molecule has 0 saturated heterocycles. The maximum atomic E-state index is 12.5. The summed E-state index contributed by atoms with van der Waals surface area (Å²) in [5.74, 6) is 0.288. The minimum atomic E-state index is -0.225. The highest BCUT2D eigenvalue weighted by Crippen LogP contribution is 2.35. The number of aromatic nitrogens is 4. The minimum Gasteiger partial charge on any atom is -0.322 e. The molecule has 7 heteroatoms. The first kappa shape index (κ1) is 18.2. The van der Waals surface area contributed by atoms with Gasteiger partial charge in [-0.1, -0.05) is 6.07 Å². The van der Waals surface area contributed by atoms with E-state index >= 15 is 0 Å². The van der Waals surface area contributed by atoms with Gasteiger partial charge in [0.25, 0.3) is 5.91 Å². The third kappa shape index (κ3) is 4.08. The zero-order valence-electron chi connectivity index (χ0n) is 15.7. The van der Waals surface area contributed by atoms with E-state index in [1.165, 1.54) is 6.20 Å². The molecule has 142 valence electrons. The topological polar surface area (TPSA) is 83.9 Å². The second kappa shape index (κ2) is 8.26. The van der Waals surface area contributed by atoms with Crippen LogP contribution in [-0.2, 0) is 0 Å². The SMILES string of the molecule is Cc1ccc(NC(=O)c2cccnc2)cc1N(c1cccnc1)c1ncccn1. The molecule has 0 fully saturated rings. The maximum Gasteiger partial charge on any atom is 0.257 e. The molecular formula is C22H18N6O. The number of nitrogens with one attached hydrogen (secondary N) is 1. The average Bonchev–Trinajstić information content (AvgIpc) is 2.78. The van der Waals surface area contributed by atoms with Crippen LogP contribution in [0.4, 0.5) is 23.0 Å². The molecule has 0 spiro atoms. The number of pyridine rings is 2. The number of aryl methyl sites for hydroxylation is 1. The van der Waals surface area contributed by atoms with E-state index in [4.69, 9.17) is 0 Å². The number of amides is 1. The van der Waals surface area contributed by atoms with Gasteiger partial charge in [-0.25, -0.2) is 9.97 Å². The van der Waals surface area contributed by atoms with Crippen molar-refractivity contribution in [2.24, 2.45) is 0 Å². The quantitative estimate of drug-likeness (QED) is 0.554. The van der Waals surface area contributed by atoms with Gasteiger partial charge in [-0.2, -0.15) is 0 Å².